The largest absolute Gasteiger partial charge is 0.395 e. The molecule has 0 aromatic carbocycles. The first-order valence-electron chi connectivity index (χ1n) is 9.22. The van der Waals surface area contributed by atoms with Crippen molar-refractivity contribution in [3.8, 4) is 0 Å². The van der Waals surface area contributed by atoms with Gasteiger partial charge in [0.05, 0.1) is 12.3 Å². The van der Waals surface area contributed by atoms with Crippen LogP contribution < -0.4 is 5.32 Å². The van der Waals surface area contributed by atoms with Crippen LogP contribution in [0, 0.1) is 11.3 Å². The maximum Gasteiger partial charge on any atom is 0.232 e. The summed E-state index contributed by atoms with van der Waals surface area (Å²) in [6.07, 6.45) is 5.28. The molecule has 0 saturated carbocycles. The quantitative estimate of drug-likeness (QED) is 0.748. The molecule has 0 bridgehead atoms. The minimum atomic E-state index is -0.494. The van der Waals surface area contributed by atoms with Gasteiger partial charge in [-0.2, -0.15) is 0 Å². The van der Waals surface area contributed by atoms with Gasteiger partial charge in [0.25, 0.3) is 0 Å². The van der Waals surface area contributed by atoms with Crippen molar-refractivity contribution in [1.82, 2.24) is 5.16 Å². The summed E-state index contributed by atoms with van der Waals surface area (Å²) in [6.45, 7) is 9.36. The van der Waals surface area contributed by atoms with Crippen LogP contribution in [-0.4, -0.2) is 36.0 Å². The van der Waals surface area contributed by atoms with Crippen LogP contribution in [0.5, 0.6) is 0 Å². The maximum absolute atomic E-state index is 12.6. The van der Waals surface area contributed by atoms with Gasteiger partial charge in [-0.15, -0.1) is 0 Å². The predicted octanol–water partition coefficient (Wildman–Crippen LogP) is 3.51. The van der Waals surface area contributed by atoms with Crippen LogP contribution in [-0.2, 0) is 14.9 Å². The lowest BCUT2D eigenvalue weighted by Gasteiger charge is -2.25. The normalized spacial score (nSPS) is 16.8. The lowest BCUT2D eigenvalue weighted by Crippen LogP contribution is -2.31. The molecule has 1 aromatic rings. The summed E-state index contributed by atoms with van der Waals surface area (Å²) in [5.41, 5.74) is -0.335. The summed E-state index contributed by atoms with van der Waals surface area (Å²) < 4.78 is 10.6. The van der Waals surface area contributed by atoms with E-state index in [0.717, 1.165) is 51.2 Å². The van der Waals surface area contributed by atoms with E-state index in [2.05, 4.69) is 10.5 Å². The molecular formula is C19H32N2O4. The fourth-order valence-electron chi connectivity index (χ4n) is 3.00. The van der Waals surface area contributed by atoms with Gasteiger partial charge in [0.15, 0.2) is 0 Å². The van der Waals surface area contributed by atoms with Gasteiger partial charge in [-0.05, 0) is 25.2 Å². The molecule has 0 aliphatic carbocycles. The smallest absolute Gasteiger partial charge is 0.232 e. The van der Waals surface area contributed by atoms with E-state index in [0.29, 0.717) is 11.6 Å². The monoisotopic (exact) mass is 352 g/mol. The summed E-state index contributed by atoms with van der Waals surface area (Å²) in [7, 11) is 0. The third-order valence-corrected chi connectivity index (χ3v) is 5.21. The minimum Gasteiger partial charge on any atom is -0.395 e. The van der Waals surface area contributed by atoms with Crippen molar-refractivity contribution in [3.05, 3.63) is 11.8 Å². The van der Waals surface area contributed by atoms with Crippen LogP contribution in [0.25, 0.3) is 0 Å². The van der Waals surface area contributed by atoms with Crippen LogP contribution in [0.1, 0.15) is 65.5 Å². The van der Waals surface area contributed by atoms with Crippen LogP contribution in [0.3, 0.4) is 0 Å². The van der Waals surface area contributed by atoms with Gasteiger partial charge < -0.3 is 14.4 Å². The van der Waals surface area contributed by atoms with E-state index in [-0.39, 0.29) is 12.5 Å². The molecule has 1 aromatic heterocycles. The van der Waals surface area contributed by atoms with Crippen molar-refractivity contribution in [2.24, 2.45) is 11.3 Å². The summed E-state index contributed by atoms with van der Waals surface area (Å²) in [4.78, 5) is 12.6. The Labute approximate surface area is 150 Å². The number of aliphatic hydroxyl groups excluding tert-OH is 1. The Morgan fingerprint density at radius 3 is 2.64 bits per heavy atom. The number of carbonyl (C=O) groups is 1. The highest BCUT2D eigenvalue weighted by atomic mass is 16.5. The number of hydrogen-bond acceptors (Lipinski definition) is 5. The number of nitrogens with one attached hydrogen (secondary N) is 1. The second kappa shape index (κ2) is 8.32. The molecule has 2 heterocycles. The highest BCUT2D eigenvalue weighted by Gasteiger charge is 2.30. The molecule has 1 aliphatic rings. The first-order valence-corrected chi connectivity index (χ1v) is 9.22. The molecule has 6 heteroatoms. The zero-order valence-corrected chi connectivity index (χ0v) is 15.9. The summed E-state index contributed by atoms with van der Waals surface area (Å²) >= 11 is 0. The van der Waals surface area contributed by atoms with Crippen LogP contribution >= 0.6 is 0 Å². The van der Waals surface area contributed by atoms with E-state index in [1.54, 1.807) is 6.07 Å². The van der Waals surface area contributed by atoms with Gasteiger partial charge in [-0.25, -0.2) is 0 Å². The molecular weight excluding hydrogens is 320 g/mol. The van der Waals surface area contributed by atoms with Crippen molar-refractivity contribution in [2.45, 2.75) is 65.2 Å². The molecule has 0 atom stereocenters. The van der Waals surface area contributed by atoms with Crippen LogP contribution in [0.15, 0.2) is 10.6 Å². The van der Waals surface area contributed by atoms with Gasteiger partial charge in [0, 0.05) is 30.1 Å². The highest BCUT2D eigenvalue weighted by Crippen LogP contribution is 2.30. The average Bonchev–Trinajstić information content (AvgIpc) is 3.05. The van der Waals surface area contributed by atoms with Crippen molar-refractivity contribution < 1.29 is 19.2 Å². The summed E-state index contributed by atoms with van der Waals surface area (Å²) in [5, 5.41) is 16.2. The molecule has 0 unspecified atom stereocenters. The van der Waals surface area contributed by atoms with Crippen molar-refractivity contribution >= 4 is 11.8 Å². The van der Waals surface area contributed by atoms with E-state index in [1.807, 2.05) is 27.7 Å². The Hall–Kier alpha value is -1.40. The van der Waals surface area contributed by atoms with Gasteiger partial charge >= 0.3 is 0 Å². The lowest BCUT2D eigenvalue weighted by molar-refractivity contribution is -0.124. The Morgan fingerprint density at radius 2 is 2.00 bits per heavy atom. The number of aliphatic hydroxyl groups is 1. The van der Waals surface area contributed by atoms with Crippen molar-refractivity contribution in [2.75, 3.05) is 25.1 Å². The third kappa shape index (κ3) is 5.54. The number of aromatic nitrogens is 1. The molecule has 1 aliphatic heterocycles. The number of ether oxygens (including phenoxy) is 1. The van der Waals surface area contributed by atoms with E-state index >= 15 is 0 Å². The molecule has 1 fully saturated rings. The van der Waals surface area contributed by atoms with E-state index in [1.165, 1.54) is 0 Å². The fraction of sp³-hybridized carbons (Fsp3) is 0.789. The molecule has 25 heavy (non-hydrogen) atoms. The average molecular weight is 352 g/mol. The van der Waals surface area contributed by atoms with E-state index in [4.69, 9.17) is 9.26 Å². The van der Waals surface area contributed by atoms with Crippen LogP contribution in [0.2, 0.25) is 0 Å². The number of amides is 1. The topological polar surface area (TPSA) is 84.6 Å². The standard InChI is InChI=1S/C19H32N2O4/c1-18(2,9-5-6-14-7-10-24-11-8-14)17(23)20-16-12-15(21-25-16)19(3,4)13-22/h12,14,22H,5-11,13H2,1-4H3,(H,20,23). The Morgan fingerprint density at radius 1 is 1.32 bits per heavy atom. The van der Waals surface area contributed by atoms with Crippen molar-refractivity contribution in [1.29, 1.82) is 0 Å². The van der Waals surface area contributed by atoms with E-state index in [9.17, 15) is 9.90 Å². The Balaban J connectivity index is 1.83. The Kier molecular flexibility index (Phi) is 6.63. The summed E-state index contributed by atoms with van der Waals surface area (Å²) in [6, 6.07) is 1.69. The molecule has 2 N–H and O–H groups in total. The zero-order valence-electron chi connectivity index (χ0n) is 15.9. The third-order valence-electron chi connectivity index (χ3n) is 5.21. The highest BCUT2D eigenvalue weighted by molar-refractivity contribution is 5.93. The van der Waals surface area contributed by atoms with Crippen molar-refractivity contribution in [3.63, 3.8) is 0 Å². The minimum absolute atomic E-state index is 0.0371. The number of anilines is 1. The zero-order chi connectivity index (χ0) is 18.5. The first kappa shape index (κ1) is 19.9. The van der Waals surface area contributed by atoms with Crippen LogP contribution in [0.4, 0.5) is 5.88 Å². The van der Waals surface area contributed by atoms with Gasteiger partial charge in [-0.3, -0.25) is 10.1 Å². The van der Waals surface area contributed by atoms with Gasteiger partial charge in [0.1, 0.15) is 0 Å². The molecule has 1 saturated heterocycles. The maximum atomic E-state index is 12.6. The number of nitrogens with zero attached hydrogens (tertiary/aromatic N) is 1. The Bertz CT molecular complexity index is 560. The molecule has 0 radical (unpaired) electrons. The van der Waals surface area contributed by atoms with Gasteiger partial charge in [-0.1, -0.05) is 45.7 Å². The second-order valence-electron chi connectivity index (χ2n) is 8.40. The predicted molar refractivity (Wildman–Crippen MR) is 96.4 cm³/mol. The fourth-order valence-corrected chi connectivity index (χ4v) is 3.00. The molecule has 0 spiro atoms. The SMILES string of the molecule is CC(C)(CCCC1CCOCC1)C(=O)Nc1cc(C(C)(C)CO)no1. The molecule has 2 rings (SSSR count). The number of hydrogen-bond donors (Lipinski definition) is 2. The molecule has 142 valence electrons. The van der Waals surface area contributed by atoms with Gasteiger partial charge in [0.2, 0.25) is 11.8 Å². The molecule has 1 amide bonds. The summed E-state index contributed by atoms with van der Waals surface area (Å²) in [5.74, 6) is 0.994. The molecule has 6 nitrogen and oxygen atoms in total. The van der Waals surface area contributed by atoms with E-state index < -0.39 is 10.8 Å². The second-order valence-corrected chi connectivity index (χ2v) is 8.40. The number of carbonyl (C=O) groups excluding carboxylic acids is 1. The lowest BCUT2D eigenvalue weighted by atomic mass is 9.83. The number of rotatable bonds is 8. The first-order chi connectivity index (χ1) is 11.7.